The van der Waals surface area contributed by atoms with Gasteiger partial charge in [0.05, 0.1) is 18.2 Å². The zero-order valence-corrected chi connectivity index (χ0v) is 16.4. The number of rotatable bonds is 9. The summed E-state index contributed by atoms with van der Waals surface area (Å²) >= 11 is 1.19. The number of hydrogen-bond donors (Lipinski definition) is 1. The van der Waals surface area contributed by atoms with E-state index in [0.717, 1.165) is 5.56 Å². The van der Waals surface area contributed by atoms with Crippen LogP contribution < -0.4 is 10.1 Å². The molecule has 0 spiro atoms. The van der Waals surface area contributed by atoms with E-state index in [0.29, 0.717) is 23.0 Å². The highest BCUT2D eigenvalue weighted by Gasteiger charge is 2.16. The Morgan fingerprint density at radius 3 is 2.74 bits per heavy atom. The van der Waals surface area contributed by atoms with Crippen LogP contribution in [0, 0.1) is 12.7 Å². The fourth-order valence-electron chi connectivity index (χ4n) is 2.32. The molecule has 0 saturated heterocycles. The SMILES string of the molecule is CCOC(=O)c1sc(NC(=O)CN(C)CCOc2ccccc2F)cc1C. The van der Waals surface area contributed by atoms with E-state index in [4.69, 9.17) is 9.47 Å². The van der Waals surface area contributed by atoms with Gasteiger partial charge in [-0.1, -0.05) is 12.1 Å². The molecule has 1 N–H and O–H groups in total. The van der Waals surface area contributed by atoms with Gasteiger partial charge in [-0.2, -0.15) is 0 Å². The van der Waals surface area contributed by atoms with Crippen molar-refractivity contribution >= 4 is 28.2 Å². The minimum atomic E-state index is -0.414. The van der Waals surface area contributed by atoms with Crippen LogP contribution in [-0.4, -0.2) is 50.1 Å². The molecular formula is C19H23FN2O4S. The molecule has 0 aliphatic rings. The number of carbonyl (C=O) groups excluding carboxylic acids is 2. The molecule has 0 unspecified atom stereocenters. The maximum atomic E-state index is 13.5. The van der Waals surface area contributed by atoms with E-state index < -0.39 is 5.82 Å². The number of nitrogens with one attached hydrogen (secondary N) is 1. The lowest BCUT2D eigenvalue weighted by molar-refractivity contribution is -0.117. The number of carbonyl (C=O) groups is 2. The number of benzene rings is 1. The van der Waals surface area contributed by atoms with Crippen molar-refractivity contribution in [3.05, 3.63) is 46.6 Å². The van der Waals surface area contributed by atoms with Crippen LogP contribution in [0.25, 0.3) is 0 Å². The fourth-order valence-corrected chi connectivity index (χ4v) is 3.30. The van der Waals surface area contributed by atoms with E-state index >= 15 is 0 Å². The summed E-state index contributed by atoms with van der Waals surface area (Å²) in [5.74, 6) is -0.817. The molecule has 0 atom stereocenters. The third kappa shape index (κ3) is 6.33. The maximum absolute atomic E-state index is 13.5. The molecule has 2 aromatic rings. The van der Waals surface area contributed by atoms with E-state index in [1.807, 2.05) is 0 Å². The number of anilines is 1. The van der Waals surface area contributed by atoms with Crippen molar-refractivity contribution in [2.75, 3.05) is 38.7 Å². The fraction of sp³-hybridized carbons (Fsp3) is 0.368. The molecule has 0 aliphatic carbocycles. The van der Waals surface area contributed by atoms with Gasteiger partial charge in [0.15, 0.2) is 11.6 Å². The average Bonchev–Trinajstić information content (AvgIpc) is 2.97. The molecule has 0 saturated carbocycles. The van der Waals surface area contributed by atoms with Crippen molar-refractivity contribution in [2.24, 2.45) is 0 Å². The number of likely N-dealkylation sites (N-methyl/N-ethyl adjacent to an activating group) is 1. The lowest BCUT2D eigenvalue weighted by Gasteiger charge is -2.16. The second kappa shape index (κ2) is 10.0. The molecule has 2 rings (SSSR count). The largest absolute Gasteiger partial charge is 0.489 e. The van der Waals surface area contributed by atoms with Gasteiger partial charge < -0.3 is 14.8 Å². The van der Waals surface area contributed by atoms with Gasteiger partial charge in [-0.15, -0.1) is 11.3 Å². The average molecular weight is 394 g/mol. The molecule has 6 nitrogen and oxygen atoms in total. The smallest absolute Gasteiger partial charge is 0.348 e. The number of para-hydroxylation sites is 1. The lowest BCUT2D eigenvalue weighted by atomic mass is 10.3. The molecule has 27 heavy (non-hydrogen) atoms. The number of halogens is 1. The summed E-state index contributed by atoms with van der Waals surface area (Å²) in [6.45, 7) is 4.71. The predicted octanol–water partition coefficient (Wildman–Crippen LogP) is 3.32. The van der Waals surface area contributed by atoms with E-state index in [1.165, 1.54) is 17.4 Å². The highest BCUT2D eigenvalue weighted by Crippen LogP contribution is 2.27. The Labute approximate surface area is 161 Å². The summed E-state index contributed by atoms with van der Waals surface area (Å²) in [6, 6.07) is 7.93. The Hall–Kier alpha value is -2.45. The molecule has 0 radical (unpaired) electrons. The highest BCUT2D eigenvalue weighted by atomic mass is 32.1. The number of ether oxygens (including phenoxy) is 2. The Morgan fingerprint density at radius 2 is 2.04 bits per heavy atom. The quantitative estimate of drug-likeness (QED) is 0.661. The van der Waals surface area contributed by atoms with Crippen LogP contribution in [0.15, 0.2) is 30.3 Å². The van der Waals surface area contributed by atoms with Crippen molar-refractivity contribution < 1.29 is 23.5 Å². The Bertz CT molecular complexity index is 794. The van der Waals surface area contributed by atoms with Gasteiger partial charge in [0.2, 0.25) is 5.91 Å². The summed E-state index contributed by atoms with van der Waals surface area (Å²) in [7, 11) is 1.77. The van der Waals surface area contributed by atoms with Gasteiger partial charge >= 0.3 is 5.97 Å². The molecule has 0 fully saturated rings. The number of esters is 1. The van der Waals surface area contributed by atoms with Crippen LogP contribution in [0.3, 0.4) is 0 Å². The Kier molecular flexibility index (Phi) is 7.75. The van der Waals surface area contributed by atoms with Crippen LogP contribution in [-0.2, 0) is 9.53 Å². The van der Waals surface area contributed by atoms with E-state index in [-0.39, 0.29) is 30.8 Å². The summed E-state index contributed by atoms with van der Waals surface area (Å²) in [5.41, 5.74) is 0.764. The van der Waals surface area contributed by atoms with Gasteiger partial charge in [-0.25, -0.2) is 9.18 Å². The van der Waals surface area contributed by atoms with Gasteiger partial charge in [-0.05, 0) is 44.7 Å². The molecule has 1 heterocycles. The van der Waals surface area contributed by atoms with E-state index in [9.17, 15) is 14.0 Å². The summed E-state index contributed by atoms with van der Waals surface area (Å²) in [6.07, 6.45) is 0. The number of amides is 1. The first-order chi connectivity index (χ1) is 12.9. The molecule has 146 valence electrons. The van der Waals surface area contributed by atoms with Gasteiger partial charge in [-0.3, -0.25) is 9.69 Å². The third-order valence-corrected chi connectivity index (χ3v) is 4.75. The first kappa shape index (κ1) is 20.9. The van der Waals surface area contributed by atoms with Crippen molar-refractivity contribution in [2.45, 2.75) is 13.8 Å². The minimum absolute atomic E-state index is 0.145. The van der Waals surface area contributed by atoms with Gasteiger partial charge in [0.25, 0.3) is 0 Å². The summed E-state index contributed by atoms with van der Waals surface area (Å²) in [4.78, 5) is 26.2. The van der Waals surface area contributed by atoms with Gasteiger partial charge in [0.1, 0.15) is 11.5 Å². The van der Waals surface area contributed by atoms with Crippen molar-refractivity contribution in [3.63, 3.8) is 0 Å². The minimum Gasteiger partial charge on any atom is -0.489 e. The number of hydrogen-bond acceptors (Lipinski definition) is 6. The molecule has 0 aliphatic heterocycles. The topological polar surface area (TPSA) is 67.9 Å². The lowest BCUT2D eigenvalue weighted by Crippen LogP contribution is -2.32. The zero-order chi connectivity index (χ0) is 19.8. The van der Waals surface area contributed by atoms with Crippen LogP contribution in [0.5, 0.6) is 5.75 Å². The first-order valence-electron chi connectivity index (χ1n) is 8.54. The molecular weight excluding hydrogens is 371 g/mol. The van der Waals surface area contributed by atoms with Crippen molar-refractivity contribution in [3.8, 4) is 5.75 Å². The second-order valence-corrected chi connectivity index (χ2v) is 6.96. The number of nitrogens with zero attached hydrogens (tertiary/aromatic N) is 1. The van der Waals surface area contributed by atoms with E-state index in [2.05, 4.69) is 5.32 Å². The second-order valence-electron chi connectivity index (χ2n) is 5.91. The monoisotopic (exact) mass is 394 g/mol. The normalized spacial score (nSPS) is 10.7. The summed E-state index contributed by atoms with van der Waals surface area (Å²) in [5, 5.41) is 3.37. The standard InChI is InChI=1S/C19H23FN2O4S/c1-4-25-19(24)18-13(2)11-17(27-18)21-16(23)12-22(3)9-10-26-15-8-6-5-7-14(15)20/h5-8,11H,4,9-10,12H2,1-3H3,(H,21,23). The maximum Gasteiger partial charge on any atom is 0.348 e. The molecule has 1 amide bonds. The van der Waals surface area contributed by atoms with Crippen LogP contribution in [0.1, 0.15) is 22.2 Å². The van der Waals surface area contributed by atoms with Crippen LogP contribution in [0.4, 0.5) is 9.39 Å². The predicted molar refractivity (Wildman–Crippen MR) is 103 cm³/mol. The van der Waals surface area contributed by atoms with Crippen molar-refractivity contribution in [1.29, 1.82) is 0 Å². The van der Waals surface area contributed by atoms with Gasteiger partial charge in [0, 0.05) is 6.54 Å². The third-order valence-electron chi connectivity index (χ3n) is 3.62. The highest BCUT2D eigenvalue weighted by molar-refractivity contribution is 7.18. The Balaban J connectivity index is 1.79. The van der Waals surface area contributed by atoms with E-state index in [1.54, 1.807) is 50.1 Å². The van der Waals surface area contributed by atoms with Crippen LogP contribution >= 0.6 is 11.3 Å². The van der Waals surface area contributed by atoms with Crippen molar-refractivity contribution in [1.82, 2.24) is 4.90 Å². The Morgan fingerprint density at radius 1 is 1.30 bits per heavy atom. The molecule has 0 bridgehead atoms. The number of aryl methyl sites for hydroxylation is 1. The first-order valence-corrected chi connectivity index (χ1v) is 9.35. The summed E-state index contributed by atoms with van der Waals surface area (Å²) < 4.78 is 23.8. The van der Waals surface area contributed by atoms with Crippen LogP contribution in [0.2, 0.25) is 0 Å². The zero-order valence-electron chi connectivity index (χ0n) is 15.6. The molecule has 8 heteroatoms. The molecule has 1 aromatic carbocycles. The molecule has 1 aromatic heterocycles. The number of thiophene rings is 1.